The third kappa shape index (κ3) is 4.65. The molecule has 240 valence electrons. The van der Waals surface area contributed by atoms with E-state index in [1.54, 1.807) is 0 Å². The maximum absolute atomic E-state index is 6.56. The van der Waals surface area contributed by atoms with Gasteiger partial charge in [0.15, 0.2) is 0 Å². The lowest BCUT2D eigenvalue weighted by atomic mass is 9.78. The van der Waals surface area contributed by atoms with Crippen LogP contribution in [-0.4, -0.2) is 22.9 Å². The van der Waals surface area contributed by atoms with Gasteiger partial charge >= 0.3 is 7.12 Å². The molecular formula is C45H40BNO2. The summed E-state index contributed by atoms with van der Waals surface area (Å²) in [6.07, 6.45) is 5.67. The lowest BCUT2D eigenvalue weighted by molar-refractivity contribution is 0.00578. The summed E-state index contributed by atoms with van der Waals surface area (Å²) in [7, 11) is -0.440. The molecule has 2 heterocycles. The molecule has 1 unspecified atom stereocenters. The number of aromatic nitrogens is 1. The number of benzene rings is 6. The van der Waals surface area contributed by atoms with Crippen molar-refractivity contribution < 1.29 is 9.31 Å². The smallest absolute Gasteiger partial charge is 0.399 e. The molecule has 0 amide bonds. The van der Waals surface area contributed by atoms with Gasteiger partial charge in [0.2, 0.25) is 0 Å². The maximum atomic E-state index is 6.56. The maximum Gasteiger partial charge on any atom is 0.494 e. The van der Waals surface area contributed by atoms with Crippen LogP contribution >= 0.6 is 0 Å². The first-order chi connectivity index (χ1) is 23.7. The topological polar surface area (TPSA) is 23.4 Å². The highest BCUT2D eigenvalue weighted by atomic mass is 16.7. The van der Waals surface area contributed by atoms with Crippen LogP contribution < -0.4 is 5.46 Å². The van der Waals surface area contributed by atoms with Crippen molar-refractivity contribution in [1.82, 2.24) is 4.57 Å². The van der Waals surface area contributed by atoms with Gasteiger partial charge in [0.25, 0.3) is 0 Å². The Hall–Kier alpha value is -4.90. The third-order valence-corrected chi connectivity index (χ3v) is 11.3. The molecule has 6 aromatic carbocycles. The number of hydrogen-bond acceptors (Lipinski definition) is 2. The first-order valence-corrected chi connectivity index (χ1v) is 17.5. The third-order valence-electron chi connectivity index (χ3n) is 11.3. The fourth-order valence-electron chi connectivity index (χ4n) is 8.18. The highest BCUT2D eigenvalue weighted by Crippen LogP contribution is 2.44. The van der Waals surface area contributed by atoms with Crippen molar-refractivity contribution in [3.8, 4) is 0 Å². The Morgan fingerprint density at radius 3 is 2.04 bits per heavy atom. The Balaban J connectivity index is 1.29. The summed E-state index contributed by atoms with van der Waals surface area (Å²) in [6, 6.07) is 44.3. The van der Waals surface area contributed by atoms with Crippen LogP contribution in [0.4, 0.5) is 0 Å². The molecule has 0 saturated carbocycles. The quantitative estimate of drug-likeness (QED) is 0.142. The number of allylic oxidation sites excluding steroid dienone is 4. The van der Waals surface area contributed by atoms with E-state index in [2.05, 4.69) is 173 Å². The Kier molecular flexibility index (Phi) is 6.82. The molecule has 4 heteroatoms. The standard InChI is InChI=1S/C45H40BNO2/c1-29(23-24-32-27-31-17-9-10-18-34(31)41(32)30-15-7-6-8-16-30)47-40-28-33(46-48-44(2,3)45(4,5)49-46)25-26-39(40)42-37-21-13-11-19-35(37)36-20-12-14-22-38(36)43(42)47/h6-26,28,41H,27H2,1-5H3/b29-23+,32-24+. The molecule has 1 saturated heterocycles. The SMILES string of the molecule is C/C(=C\C=C1/Cc2ccccc2C1c1ccccc1)n1c2cc(B3OC(C)(C)C(C)(C)O3)ccc2c2c3ccccc3c3ccccc3c21. The number of hydrogen-bond donors (Lipinski definition) is 0. The first-order valence-electron chi connectivity index (χ1n) is 17.5. The van der Waals surface area contributed by atoms with Crippen LogP contribution in [-0.2, 0) is 15.7 Å². The van der Waals surface area contributed by atoms with Gasteiger partial charge in [-0.1, -0.05) is 127 Å². The zero-order valence-corrected chi connectivity index (χ0v) is 28.8. The Morgan fingerprint density at radius 2 is 1.31 bits per heavy atom. The molecule has 0 N–H and O–H groups in total. The van der Waals surface area contributed by atoms with Gasteiger partial charge in [-0.15, -0.1) is 0 Å². The molecule has 1 aromatic heterocycles. The van der Waals surface area contributed by atoms with Crippen molar-refractivity contribution in [3.05, 3.63) is 156 Å². The molecule has 9 rings (SSSR count). The monoisotopic (exact) mass is 637 g/mol. The minimum atomic E-state index is -0.440. The molecule has 3 nitrogen and oxygen atoms in total. The fraction of sp³-hybridized carbons (Fsp3) is 0.200. The summed E-state index contributed by atoms with van der Waals surface area (Å²) in [4.78, 5) is 0. The summed E-state index contributed by atoms with van der Waals surface area (Å²) in [5.41, 5.74) is 9.34. The van der Waals surface area contributed by atoms with E-state index >= 15 is 0 Å². The molecule has 0 bridgehead atoms. The average Bonchev–Trinajstić information content (AvgIpc) is 3.73. The normalized spacial score (nSPS) is 19.5. The van der Waals surface area contributed by atoms with Crippen LogP contribution in [0.3, 0.4) is 0 Å². The Bertz CT molecular complexity index is 2490. The van der Waals surface area contributed by atoms with Crippen LogP contribution in [0.2, 0.25) is 0 Å². The number of fused-ring (bicyclic) bond motifs is 9. The van der Waals surface area contributed by atoms with Gasteiger partial charge in [0.05, 0.1) is 22.2 Å². The summed E-state index contributed by atoms with van der Waals surface area (Å²) in [5.74, 6) is 0.249. The highest BCUT2D eigenvalue weighted by molar-refractivity contribution is 6.62. The minimum absolute atomic E-state index is 0.249. The van der Waals surface area contributed by atoms with Gasteiger partial charge in [-0.25, -0.2) is 0 Å². The van der Waals surface area contributed by atoms with Crippen LogP contribution in [0.1, 0.15) is 57.2 Å². The summed E-state index contributed by atoms with van der Waals surface area (Å²) >= 11 is 0. The second-order valence-corrected chi connectivity index (χ2v) is 14.8. The van der Waals surface area contributed by atoms with Gasteiger partial charge in [-0.2, -0.15) is 0 Å². The zero-order valence-electron chi connectivity index (χ0n) is 28.8. The van der Waals surface area contributed by atoms with Crippen molar-refractivity contribution in [2.75, 3.05) is 0 Å². The number of nitrogens with zero attached hydrogens (tertiary/aromatic N) is 1. The van der Waals surface area contributed by atoms with E-state index in [9.17, 15) is 0 Å². The summed E-state index contributed by atoms with van der Waals surface area (Å²) in [5, 5.41) is 7.57. The van der Waals surface area contributed by atoms with E-state index in [0.717, 1.165) is 17.4 Å². The van der Waals surface area contributed by atoms with Crippen LogP contribution in [0, 0.1) is 0 Å². The Labute approximate surface area is 288 Å². The summed E-state index contributed by atoms with van der Waals surface area (Å²) in [6.45, 7) is 10.7. The molecule has 1 fully saturated rings. The lowest BCUT2D eigenvalue weighted by Gasteiger charge is -2.32. The molecule has 1 aliphatic heterocycles. The van der Waals surface area contributed by atoms with Crippen molar-refractivity contribution in [3.63, 3.8) is 0 Å². The summed E-state index contributed by atoms with van der Waals surface area (Å²) < 4.78 is 15.6. The minimum Gasteiger partial charge on any atom is -0.399 e. The van der Waals surface area contributed by atoms with E-state index in [-0.39, 0.29) is 5.92 Å². The van der Waals surface area contributed by atoms with E-state index in [1.807, 2.05) is 0 Å². The van der Waals surface area contributed by atoms with E-state index in [4.69, 9.17) is 9.31 Å². The second-order valence-electron chi connectivity index (χ2n) is 14.8. The van der Waals surface area contributed by atoms with Crippen molar-refractivity contribution in [2.24, 2.45) is 0 Å². The van der Waals surface area contributed by atoms with Crippen LogP contribution in [0.15, 0.2) is 139 Å². The van der Waals surface area contributed by atoms with Gasteiger partial charge < -0.3 is 13.9 Å². The fourth-order valence-corrected chi connectivity index (χ4v) is 8.18. The second kappa shape index (κ2) is 11.1. The van der Waals surface area contributed by atoms with E-state index in [1.165, 1.54) is 65.8 Å². The predicted octanol–water partition coefficient (Wildman–Crippen LogP) is 10.6. The molecule has 7 aromatic rings. The molecule has 2 aliphatic rings. The largest absolute Gasteiger partial charge is 0.494 e. The molecular weight excluding hydrogens is 597 g/mol. The van der Waals surface area contributed by atoms with Gasteiger partial charge in [0, 0.05) is 27.8 Å². The molecule has 0 spiro atoms. The molecule has 49 heavy (non-hydrogen) atoms. The highest BCUT2D eigenvalue weighted by Gasteiger charge is 2.51. The van der Waals surface area contributed by atoms with Crippen molar-refractivity contribution >= 4 is 61.6 Å². The predicted molar refractivity (Wildman–Crippen MR) is 207 cm³/mol. The molecule has 1 aliphatic carbocycles. The Morgan fingerprint density at radius 1 is 0.694 bits per heavy atom. The molecule has 0 radical (unpaired) electrons. The van der Waals surface area contributed by atoms with E-state index < -0.39 is 18.3 Å². The van der Waals surface area contributed by atoms with Crippen LogP contribution in [0.5, 0.6) is 0 Å². The van der Waals surface area contributed by atoms with Crippen molar-refractivity contribution in [2.45, 2.75) is 58.2 Å². The van der Waals surface area contributed by atoms with Gasteiger partial charge in [0.1, 0.15) is 0 Å². The van der Waals surface area contributed by atoms with Gasteiger partial charge in [-0.3, -0.25) is 0 Å². The average molecular weight is 638 g/mol. The first kappa shape index (κ1) is 30.2. The zero-order chi connectivity index (χ0) is 33.5. The number of rotatable bonds is 4. The van der Waals surface area contributed by atoms with E-state index in [0.29, 0.717) is 0 Å². The lowest BCUT2D eigenvalue weighted by Crippen LogP contribution is -2.41. The molecule has 1 atom stereocenters. The van der Waals surface area contributed by atoms with Crippen LogP contribution in [0.25, 0.3) is 49.0 Å². The van der Waals surface area contributed by atoms with Gasteiger partial charge in [-0.05, 0) is 91.5 Å². The van der Waals surface area contributed by atoms with Crippen molar-refractivity contribution in [1.29, 1.82) is 0 Å².